The van der Waals surface area contributed by atoms with Crippen LogP contribution in [-0.4, -0.2) is 8.07 Å². The molecule has 0 saturated heterocycles. The largest absolute Gasteiger partial charge is 0.204 e. The first kappa shape index (κ1) is 24.3. The Kier molecular flexibility index (Phi) is 7.99. The number of nitrogens with zero attached hydrogens (tertiary/aromatic N) is 1. The molecule has 32 heavy (non-hydrogen) atoms. The molecule has 0 aliphatic rings. The van der Waals surface area contributed by atoms with Crippen molar-refractivity contribution in [1.29, 1.82) is 0 Å². The number of benzene rings is 3. The molecule has 0 heterocycles. The molecule has 166 valence electrons. The number of hydrogen-bond donors (Lipinski definition) is 0. The lowest BCUT2D eigenvalue weighted by Gasteiger charge is -2.37. The van der Waals surface area contributed by atoms with Crippen molar-refractivity contribution < 1.29 is 0 Å². The highest BCUT2D eigenvalue weighted by Crippen LogP contribution is 2.46. The molecule has 0 aliphatic heterocycles. The molecule has 0 unspecified atom stereocenters. The summed E-state index contributed by atoms with van der Waals surface area (Å²) in [6.45, 7) is 14.1. The van der Waals surface area contributed by atoms with Gasteiger partial charge in [0.15, 0.2) is 0 Å². The Morgan fingerprint density at radius 3 is 1.16 bits per heavy atom. The molecule has 0 radical (unpaired) electrons. The minimum atomic E-state index is -2.26. The summed E-state index contributed by atoms with van der Waals surface area (Å²) < 4.78 is 5.38. The molecule has 3 aromatic carbocycles. The molecule has 1 nitrogen and oxygen atoms in total. The zero-order valence-corrected chi connectivity index (χ0v) is 22.2. The third-order valence-corrected chi connectivity index (χ3v) is 16.5. The highest BCUT2D eigenvalue weighted by atomic mass is 31.2. The van der Waals surface area contributed by atoms with Gasteiger partial charge in [-0.15, -0.1) is 5.54 Å². The predicted molar refractivity (Wildman–Crippen MR) is 146 cm³/mol. The van der Waals surface area contributed by atoms with Crippen LogP contribution >= 0.6 is 7.05 Å². The van der Waals surface area contributed by atoms with Crippen molar-refractivity contribution in [1.82, 2.24) is 0 Å². The van der Waals surface area contributed by atoms with E-state index in [2.05, 4.69) is 144 Å². The Labute approximate surface area is 196 Å². The molecule has 3 aromatic rings. The molecule has 3 rings (SSSR count). The maximum Gasteiger partial charge on any atom is 0.148 e. The van der Waals surface area contributed by atoms with E-state index >= 15 is 0 Å². The highest BCUT2D eigenvalue weighted by Gasteiger charge is 2.42. The summed E-state index contributed by atoms with van der Waals surface area (Å²) in [6, 6.07) is 35.8. The van der Waals surface area contributed by atoms with Crippen LogP contribution in [-0.2, 0) is 0 Å². The lowest BCUT2D eigenvalue weighted by Crippen LogP contribution is -2.43. The van der Waals surface area contributed by atoms with Gasteiger partial charge in [0.25, 0.3) is 0 Å². The summed E-state index contributed by atoms with van der Waals surface area (Å²) in [7, 11) is -4.12. The molecule has 0 saturated carbocycles. The van der Waals surface area contributed by atoms with Gasteiger partial charge in [-0.25, -0.2) is 4.74 Å². The van der Waals surface area contributed by atoms with Gasteiger partial charge in [-0.3, -0.25) is 0 Å². The van der Waals surface area contributed by atoms with Crippen LogP contribution in [0.15, 0.2) is 95.7 Å². The van der Waals surface area contributed by atoms with Crippen LogP contribution in [0.5, 0.6) is 0 Å². The van der Waals surface area contributed by atoms with E-state index in [0.29, 0.717) is 16.6 Å². The maximum atomic E-state index is 5.38. The second-order valence-electron chi connectivity index (χ2n) is 9.38. The van der Waals surface area contributed by atoms with Crippen LogP contribution in [0.1, 0.15) is 41.5 Å². The van der Waals surface area contributed by atoms with Gasteiger partial charge in [0.2, 0.25) is 0 Å². The molecule has 0 spiro atoms. The molecule has 0 atom stereocenters. The molecule has 0 amide bonds. The third-order valence-electron chi connectivity index (χ3n) is 6.73. The van der Waals surface area contributed by atoms with E-state index in [1.54, 1.807) is 0 Å². The molecule has 0 fully saturated rings. The molecule has 0 aliphatic carbocycles. The van der Waals surface area contributed by atoms with Crippen molar-refractivity contribution in [3.8, 4) is 11.6 Å². The molecule has 0 bridgehead atoms. The van der Waals surface area contributed by atoms with E-state index in [4.69, 9.17) is 4.74 Å². The van der Waals surface area contributed by atoms with E-state index in [1.165, 1.54) is 15.9 Å². The zero-order valence-electron chi connectivity index (χ0n) is 20.3. The average molecular weight is 458 g/mol. The molecule has 3 heteroatoms. The normalized spacial score (nSPS) is 12.0. The number of rotatable bonds is 6. The van der Waals surface area contributed by atoms with E-state index in [1.807, 2.05) is 0 Å². The van der Waals surface area contributed by atoms with Gasteiger partial charge in [-0.05, 0) is 16.6 Å². The van der Waals surface area contributed by atoms with Crippen molar-refractivity contribution in [2.24, 2.45) is 4.74 Å². The SMILES string of the molecule is CC(C)[Si](C#CN=P(c1ccccc1)(c1ccccc1)c1ccccc1)(C(C)C)C(C)C. The standard InChI is InChI=1S/C29H36NPSi/c1-24(2)32(25(3)4,26(5)6)23-22-30-31(27-16-10-7-11-17-27,28-18-12-8-13-19-28)29-20-14-9-15-21-29/h7-21,24-26H,1-6H3. The van der Waals surface area contributed by atoms with Gasteiger partial charge in [0.1, 0.15) is 8.07 Å². The lowest BCUT2D eigenvalue weighted by atomic mass is 10.4. The van der Waals surface area contributed by atoms with Gasteiger partial charge in [0.05, 0.1) is 7.05 Å². The fourth-order valence-corrected chi connectivity index (χ4v) is 13.6. The molecule has 0 aromatic heterocycles. The van der Waals surface area contributed by atoms with Gasteiger partial charge in [0, 0.05) is 22.0 Å². The van der Waals surface area contributed by atoms with E-state index in [9.17, 15) is 0 Å². The lowest BCUT2D eigenvalue weighted by molar-refractivity contribution is 0.838. The van der Waals surface area contributed by atoms with Crippen LogP contribution in [0.2, 0.25) is 16.6 Å². The first-order chi connectivity index (χ1) is 15.4. The maximum absolute atomic E-state index is 5.38. The van der Waals surface area contributed by atoms with Crippen molar-refractivity contribution in [2.45, 2.75) is 58.2 Å². The Morgan fingerprint density at radius 2 is 0.875 bits per heavy atom. The van der Waals surface area contributed by atoms with Crippen LogP contribution in [0.3, 0.4) is 0 Å². The average Bonchev–Trinajstić information content (AvgIpc) is 2.80. The van der Waals surface area contributed by atoms with Crippen LogP contribution in [0, 0.1) is 11.6 Å². The Balaban J connectivity index is 2.39. The smallest absolute Gasteiger partial charge is 0.148 e. The third kappa shape index (κ3) is 4.56. The molecular weight excluding hydrogens is 421 g/mol. The van der Waals surface area contributed by atoms with Gasteiger partial charge >= 0.3 is 0 Å². The van der Waals surface area contributed by atoms with Crippen LogP contribution in [0.25, 0.3) is 0 Å². The summed E-state index contributed by atoms with van der Waals surface area (Å²) in [5.41, 5.74) is 5.60. The monoisotopic (exact) mass is 457 g/mol. The van der Waals surface area contributed by atoms with Crippen LogP contribution in [0.4, 0.5) is 0 Å². The minimum absolute atomic E-state index is 0.586. The summed E-state index contributed by atoms with van der Waals surface area (Å²) in [6.07, 6.45) is 0. The number of hydrogen-bond acceptors (Lipinski definition) is 1. The first-order valence-electron chi connectivity index (χ1n) is 11.7. The van der Waals surface area contributed by atoms with E-state index < -0.39 is 15.1 Å². The second kappa shape index (κ2) is 10.5. The van der Waals surface area contributed by atoms with Crippen molar-refractivity contribution >= 4 is 31.0 Å². The van der Waals surface area contributed by atoms with Gasteiger partial charge < -0.3 is 0 Å². The topological polar surface area (TPSA) is 12.4 Å². The Hall–Kier alpha value is -2.33. The Morgan fingerprint density at radius 1 is 0.562 bits per heavy atom. The summed E-state index contributed by atoms with van der Waals surface area (Å²) in [5, 5.41) is 3.74. The van der Waals surface area contributed by atoms with Crippen molar-refractivity contribution in [2.75, 3.05) is 0 Å². The van der Waals surface area contributed by atoms with E-state index in [0.717, 1.165) is 0 Å². The first-order valence-corrected chi connectivity index (χ1v) is 15.6. The minimum Gasteiger partial charge on any atom is -0.204 e. The summed E-state index contributed by atoms with van der Waals surface area (Å²) in [5.74, 6) is 0. The second-order valence-corrected chi connectivity index (χ2v) is 18.0. The van der Waals surface area contributed by atoms with Gasteiger partial charge in [-0.1, -0.05) is 133 Å². The van der Waals surface area contributed by atoms with Crippen molar-refractivity contribution in [3.63, 3.8) is 0 Å². The molecular formula is C29H36NPSi. The fraction of sp³-hybridized carbons (Fsp3) is 0.310. The highest BCUT2D eigenvalue weighted by molar-refractivity contribution is 7.87. The molecule has 0 N–H and O–H groups in total. The Bertz CT molecular complexity index is 982. The van der Waals surface area contributed by atoms with Crippen molar-refractivity contribution in [3.05, 3.63) is 91.0 Å². The van der Waals surface area contributed by atoms with Crippen LogP contribution < -0.4 is 15.9 Å². The predicted octanol–water partition coefficient (Wildman–Crippen LogP) is 7.34. The van der Waals surface area contributed by atoms with Gasteiger partial charge in [-0.2, -0.15) is 0 Å². The quantitative estimate of drug-likeness (QED) is 0.209. The fourth-order valence-electron chi connectivity index (χ4n) is 5.18. The summed E-state index contributed by atoms with van der Waals surface area (Å²) >= 11 is 0. The van der Waals surface area contributed by atoms with E-state index in [-0.39, 0.29) is 0 Å². The summed E-state index contributed by atoms with van der Waals surface area (Å²) in [4.78, 5) is 0. The zero-order chi connectivity index (χ0) is 23.2.